The lowest BCUT2D eigenvalue weighted by atomic mass is 10.0. The minimum Gasteiger partial charge on any atom is -0.486 e. The maximum Gasteiger partial charge on any atom is 0.234 e. The second-order valence-electron chi connectivity index (χ2n) is 6.66. The van der Waals surface area contributed by atoms with Crippen LogP contribution in [0.5, 0.6) is 5.75 Å². The topological polar surface area (TPSA) is 79.9 Å². The van der Waals surface area contributed by atoms with Gasteiger partial charge >= 0.3 is 0 Å². The van der Waals surface area contributed by atoms with Crippen LogP contribution in [0.25, 0.3) is 0 Å². The Morgan fingerprint density at radius 1 is 1.13 bits per heavy atom. The fourth-order valence-electron chi connectivity index (χ4n) is 2.44. The van der Waals surface area contributed by atoms with Gasteiger partial charge in [0, 0.05) is 0 Å². The van der Waals surface area contributed by atoms with Gasteiger partial charge in [-0.05, 0) is 35.7 Å². The molecule has 30 heavy (non-hydrogen) atoms. The smallest absolute Gasteiger partial charge is 0.234 e. The van der Waals surface area contributed by atoms with Crippen LogP contribution < -0.4 is 10.1 Å². The number of amides is 1. The molecule has 2 aromatic carbocycles. The van der Waals surface area contributed by atoms with E-state index in [9.17, 15) is 4.79 Å². The van der Waals surface area contributed by atoms with E-state index in [1.165, 1.54) is 29.5 Å². The van der Waals surface area contributed by atoms with E-state index in [0.717, 1.165) is 5.75 Å². The summed E-state index contributed by atoms with van der Waals surface area (Å²) in [5, 5.41) is 11.0. The highest BCUT2D eigenvalue weighted by Crippen LogP contribution is 2.32. The minimum absolute atomic E-state index is 0.103. The van der Waals surface area contributed by atoms with Gasteiger partial charge in [-0.1, -0.05) is 72.5 Å². The van der Waals surface area contributed by atoms with Crippen molar-refractivity contribution < 1.29 is 9.53 Å². The molecule has 158 valence electrons. The minimum atomic E-state index is -0.270. The molecule has 1 aromatic heterocycles. The van der Waals surface area contributed by atoms with Crippen LogP contribution in [0.15, 0.2) is 41.6 Å². The van der Waals surface area contributed by atoms with Crippen LogP contribution in [0.1, 0.15) is 31.2 Å². The van der Waals surface area contributed by atoms with E-state index in [1.54, 1.807) is 0 Å². The van der Waals surface area contributed by atoms with Crippen molar-refractivity contribution in [2.75, 3.05) is 11.1 Å². The summed E-state index contributed by atoms with van der Waals surface area (Å²) in [6.45, 7) is 4.53. The van der Waals surface area contributed by atoms with E-state index in [-0.39, 0.29) is 18.3 Å². The van der Waals surface area contributed by atoms with Crippen molar-refractivity contribution in [1.29, 1.82) is 0 Å². The van der Waals surface area contributed by atoms with E-state index in [1.807, 2.05) is 24.3 Å². The normalized spacial score (nSPS) is 11.0. The summed E-state index contributed by atoms with van der Waals surface area (Å²) in [6, 6.07) is 10.9. The average molecular weight is 486 g/mol. The third-order valence-corrected chi connectivity index (χ3v) is 5.93. The van der Waals surface area contributed by atoms with E-state index < -0.39 is 0 Å². The third kappa shape index (κ3) is 6.28. The maximum absolute atomic E-state index is 12.2. The molecule has 1 heterocycles. The van der Waals surface area contributed by atoms with Crippen molar-refractivity contribution in [1.82, 2.24) is 15.2 Å². The fourth-order valence-corrected chi connectivity index (χ4v) is 3.65. The van der Waals surface area contributed by atoms with Crippen molar-refractivity contribution in [2.24, 2.45) is 0 Å². The van der Waals surface area contributed by atoms with Crippen molar-refractivity contribution in [2.45, 2.75) is 31.5 Å². The lowest BCUT2D eigenvalue weighted by Gasteiger charge is -2.08. The van der Waals surface area contributed by atoms with Gasteiger partial charge in [0.2, 0.25) is 11.1 Å². The van der Waals surface area contributed by atoms with Crippen LogP contribution in [-0.4, -0.2) is 26.8 Å². The summed E-state index contributed by atoms with van der Waals surface area (Å²) in [7, 11) is 0. The first-order valence-electron chi connectivity index (χ1n) is 9.03. The second kappa shape index (κ2) is 10.4. The molecule has 0 saturated heterocycles. The Morgan fingerprint density at radius 2 is 1.83 bits per heavy atom. The molecule has 0 fully saturated rings. The van der Waals surface area contributed by atoms with Crippen LogP contribution in [-0.2, 0) is 11.4 Å². The Morgan fingerprint density at radius 3 is 2.53 bits per heavy atom. The Balaban J connectivity index is 1.48. The Bertz CT molecular complexity index is 1030. The Kier molecular flexibility index (Phi) is 7.88. The molecule has 0 spiro atoms. The number of carbonyl (C=O) groups excluding carboxylic acids is 1. The molecule has 0 atom stereocenters. The number of benzene rings is 2. The number of halogens is 3. The Hall–Kier alpha value is -1.93. The molecule has 0 aliphatic carbocycles. The number of hydrogen-bond donors (Lipinski definition) is 2. The maximum atomic E-state index is 12.2. The van der Waals surface area contributed by atoms with Crippen molar-refractivity contribution in [3.05, 3.63) is 62.9 Å². The number of anilines is 1. The first-order chi connectivity index (χ1) is 14.3. The number of hydrogen-bond acceptors (Lipinski definition) is 5. The molecule has 1 amide bonds. The van der Waals surface area contributed by atoms with E-state index in [0.29, 0.717) is 37.7 Å². The fraction of sp³-hybridized carbons (Fsp3) is 0.250. The number of ether oxygens (including phenoxy) is 1. The van der Waals surface area contributed by atoms with E-state index >= 15 is 0 Å². The number of nitrogens with one attached hydrogen (secondary N) is 2. The molecule has 3 aromatic rings. The SMILES string of the molecule is CC(C)c1ccc(OCc2nc(SCC(=O)Nc3cc(Cl)c(Cl)cc3Cl)n[nH]2)cc1. The van der Waals surface area contributed by atoms with Crippen molar-refractivity contribution in [3.63, 3.8) is 0 Å². The Labute approximate surface area is 193 Å². The molecule has 0 bridgehead atoms. The molecule has 0 aliphatic heterocycles. The van der Waals surface area contributed by atoms with E-state index in [4.69, 9.17) is 39.5 Å². The standard InChI is InChI=1S/C20H19Cl3N4O2S/c1-11(2)12-3-5-13(6-4-12)29-9-18-25-20(27-26-18)30-10-19(28)24-17-8-15(22)14(21)7-16(17)23/h3-8,11H,9-10H2,1-2H3,(H,24,28)(H,25,26,27). The second-order valence-corrected chi connectivity index (χ2v) is 8.82. The summed E-state index contributed by atoms with van der Waals surface area (Å²) in [5.74, 6) is 1.62. The molecule has 6 nitrogen and oxygen atoms in total. The summed E-state index contributed by atoms with van der Waals surface area (Å²) in [4.78, 5) is 16.5. The zero-order valence-electron chi connectivity index (χ0n) is 16.2. The predicted octanol–water partition coefficient (Wildman–Crippen LogP) is 6.20. The average Bonchev–Trinajstić information content (AvgIpc) is 3.17. The van der Waals surface area contributed by atoms with Crippen LogP contribution in [0.4, 0.5) is 5.69 Å². The number of rotatable bonds is 8. The van der Waals surface area contributed by atoms with Gasteiger partial charge in [0.05, 0.1) is 26.5 Å². The molecule has 3 rings (SSSR count). The molecular formula is C20H19Cl3N4O2S. The van der Waals surface area contributed by atoms with Gasteiger partial charge < -0.3 is 10.1 Å². The van der Waals surface area contributed by atoms with Gasteiger partial charge in [0.25, 0.3) is 0 Å². The summed E-state index contributed by atoms with van der Waals surface area (Å²) < 4.78 is 5.72. The molecule has 0 aliphatic rings. The van der Waals surface area contributed by atoms with Gasteiger partial charge in [0.15, 0.2) is 5.82 Å². The third-order valence-electron chi connectivity index (χ3n) is 4.05. The zero-order chi connectivity index (χ0) is 21.7. The van der Waals surface area contributed by atoms with Crippen LogP contribution in [0.2, 0.25) is 15.1 Å². The van der Waals surface area contributed by atoms with Gasteiger partial charge in [-0.25, -0.2) is 4.98 Å². The molecular weight excluding hydrogens is 467 g/mol. The number of nitrogens with zero attached hydrogens (tertiary/aromatic N) is 2. The number of aromatic nitrogens is 3. The largest absolute Gasteiger partial charge is 0.486 e. The lowest BCUT2D eigenvalue weighted by Crippen LogP contribution is -2.14. The number of thioether (sulfide) groups is 1. The molecule has 10 heteroatoms. The predicted molar refractivity (Wildman–Crippen MR) is 122 cm³/mol. The summed E-state index contributed by atoms with van der Waals surface area (Å²) >= 11 is 19.1. The number of H-pyrrole nitrogens is 1. The van der Waals surface area contributed by atoms with Gasteiger partial charge in [-0.15, -0.1) is 5.10 Å². The van der Waals surface area contributed by atoms with Crippen molar-refractivity contribution >= 4 is 58.2 Å². The number of carbonyl (C=O) groups is 1. The number of aromatic amines is 1. The zero-order valence-corrected chi connectivity index (χ0v) is 19.3. The quantitative estimate of drug-likeness (QED) is 0.293. The van der Waals surface area contributed by atoms with Crippen LogP contribution in [0.3, 0.4) is 0 Å². The highest BCUT2D eigenvalue weighted by Gasteiger charge is 2.12. The first kappa shape index (κ1) is 22.7. The molecule has 2 N–H and O–H groups in total. The van der Waals surface area contributed by atoms with Crippen molar-refractivity contribution in [3.8, 4) is 5.75 Å². The molecule has 0 saturated carbocycles. The highest BCUT2D eigenvalue weighted by atomic mass is 35.5. The van der Waals surface area contributed by atoms with Gasteiger partial charge in [0.1, 0.15) is 12.4 Å². The lowest BCUT2D eigenvalue weighted by molar-refractivity contribution is -0.113. The monoisotopic (exact) mass is 484 g/mol. The first-order valence-corrected chi connectivity index (χ1v) is 11.1. The molecule has 0 unspecified atom stereocenters. The van der Waals surface area contributed by atoms with Crippen LogP contribution >= 0.6 is 46.6 Å². The van der Waals surface area contributed by atoms with E-state index in [2.05, 4.69) is 34.3 Å². The molecule has 0 radical (unpaired) electrons. The summed E-state index contributed by atoms with van der Waals surface area (Å²) in [6.07, 6.45) is 0. The van der Waals surface area contributed by atoms with Gasteiger partial charge in [-0.2, -0.15) is 0 Å². The highest BCUT2D eigenvalue weighted by molar-refractivity contribution is 7.99. The van der Waals surface area contributed by atoms with Gasteiger partial charge in [-0.3, -0.25) is 9.89 Å². The van der Waals surface area contributed by atoms with Crippen LogP contribution in [0, 0.1) is 0 Å². The summed E-state index contributed by atoms with van der Waals surface area (Å²) in [5.41, 5.74) is 1.64.